The molecule has 0 aliphatic rings. The fourth-order valence-corrected chi connectivity index (χ4v) is 2.40. The molecule has 4 N–H and O–H groups in total. The Morgan fingerprint density at radius 3 is 2.82 bits per heavy atom. The van der Waals surface area contributed by atoms with Gasteiger partial charge in [0.1, 0.15) is 11.5 Å². The molecule has 4 rings (SSSR count). The molecule has 0 spiro atoms. The number of nitrogens with two attached hydrogens (primary N) is 1. The third kappa shape index (κ3) is 1.80. The zero-order valence-electron chi connectivity index (χ0n) is 11.3. The molecule has 0 atom stereocenters. The summed E-state index contributed by atoms with van der Waals surface area (Å²) in [6.07, 6.45) is 1.55. The van der Waals surface area contributed by atoms with E-state index in [2.05, 4.69) is 20.2 Å². The number of nitrogens with zero attached hydrogens (tertiary/aromatic N) is 2. The summed E-state index contributed by atoms with van der Waals surface area (Å²) < 4.78 is 5.37. The minimum atomic E-state index is -0.230. The number of hydrogen-bond donors (Lipinski definition) is 3. The largest absolute Gasteiger partial charge is 0.463 e. The summed E-state index contributed by atoms with van der Waals surface area (Å²) in [5.41, 5.74) is 7.37. The molecule has 22 heavy (non-hydrogen) atoms. The highest BCUT2D eigenvalue weighted by molar-refractivity contribution is 5.86. The Hall–Kier alpha value is -3.35. The number of aromatic nitrogens is 4. The lowest BCUT2D eigenvalue weighted by atomic mass is 10.1. The fourth-order valence-electron chi connectivity index (χ4n) is 2.40. The van der Waals surface area contributed by atoms with Crippen molar-refractivity contribution >= 4 is 16.7 Å². The van der Waals surface area contributed by atoms with Crippen LogP contribution in [0.1, 0.15) is 0 Å². The summed E-state index contributed by atoms with van der Waals surface area (Å²) in [6, 6.07) is 10.6. The van der Waals surface area contributed by atoms with Crippen molar-refractivity contribution in [3.05, 3.63) is 53.0 Å². The van der Waals surface area contributed by atoms with Crippen LogP contribution in [-0.2, 0) is 0 Å². The zero-order valence-corrected chi connectivity index (χ0v) is 11.3. The van der Waals surface area contributed by atoms with Crippen molar-refractivity contribution in [2.24, 2.45) is 0 Å². The molecule has 0 unspecified atom stereocenters. The first-order valence-electron chi connectivity index (χ1n) is 6.61. The van der Waals surface area contributed by atoms with Gasteiger partial charge in [0.05, 0.1) is 22.7 Å². The van der Waals surface area contributed by atoms with Crippen LogP contribution in [0.15, 0.2) is 51.9 Å². The van der Waals surface area contributed by atoms with E-state index in [1.165, 1.54) is 0 Å². The molecular weight excluding hydrogens is 282 g/mol. The summed E-state index contributed by atoms with van der Waals surface area (Å²) in [6.45, 7) is 0. The average molecular weight is 293 g/mol. The standard InChI is InChI=1S/C15H11N5O2/c16-13-11(12(19-20-13)10-6-3-7-22-10)14-17-9-5-2-1-4-8(9)15(21)18-14/h1-7H,(H3,16,19,20)(H,17,18,21). The molecule has 0 aliphatic carbocycles. The Kier molecular flexibility index (Phi) is 2.59. The van der Waals surface area contributed by atoms with Gasteiger partial charge in [-0.1, -0.05) is 12.1 Å². The van der Waals surface area contributed by atoms with E-state index in [1.54, 1.807) is 36.6 Å². The maximum absolute atomic E-state index is 12.2. The lowest BCUT2D eigenvalue weighted by Gasteiger charge is -2.03. The van der Waals surface area contributed by atoms with E-state index in [4.69, 9.17) is 10.2 Å². The van der Waals surface area contributed by atoms with Crippen molar-refractivity contribution < 1.29 is 4.42 Å². The SMILES string of the molecule is Nc1n[nH]c(-c2ccco2)c1-c1nc2ccccc2c(=O)[nH]1. The molecule has 108 valence electrons. The van der Waals surface area contributed by atoms with Crippen LogP contribution in [0.5, 0.6) is 0 Å². The minimum Gasteiger partial charge on any atom is -0.463 e. The number of H-pyrrole nitrogens is 2. The normalized spacial score (nSPS) is 11.1. The lowest BCUT2D eigenvalue weighted by Crippen LogP contribution is -2.10. The van der Waals surface area contributed by atoms with E-state index in [-0.39, 0.29) is 11.4 Å². The molecule has 0 saturated heterocycles. The predicted octanol–water partition coefficient (Wildman–Crippen LogP) is 2.16. The molecule has 1 aromatic carbocycles. The van der Waals surface area contributed by atoms with Crippen LogP contribution in [0.25, 0.3) is 33.7 Å². The van der Waals surface area contributed by atoms with Gasteiger partial charge in [-0.05, 0) is 24.3 Å². The molecule has 7 nitrogen and oxygen atoms in total. The Labute approximate surface area is 123 Å². The van der Waals surface area contributed by atoms with Crippen molar-refractivity contribution in [3.63, 3.8) is 0 Å². The van der Waals surface area contributed by atoms with Crippen molar-refractivity contribution in [1.82, 2.24) is 20.2 Å². The monoisotopic (exact) mass is 293 g/mol. The average Bonchev–Trinajstić information content (AvgIpc) is 3.16. The van der Waals surface area contributed by atoms with Crippen LogP contribution in [0.2, 0.25) is 0 Å². The van der Waals surface area contributed by atoms with Crippen LogP contribution in [0.3, 0.4) is 0 Å². The first kappa shape index (κ1) is 12.4. The lowest BCUT2D eigenvalue weighted by molar-refractivity contribution is 0.580. The van der Waals surface area contributed by atoms with Gasteiger partial charge in [-0.25, -0.2) is 4.98 Å². The molecule has 3 heterocycles. The molecule has 0 bridgehead atoms. The van der Waals surface area contributed by atoms with Crippen molar-refractivity contribution in [2.75, 3.05) is 5.73 Å². The molecule has 0 fully saturated rings. The fraction of sp³-hybridized carbons (Fsp3) is 0. The number of para-hydroxylation sites is 1. The second kappa shape index (κ2) is 4.59. The van der Waals surface area contributed by atoms with Gasteiger partial charge in [0.25, 0.3) is 5.56 Å². The summed E-state index contributed by atoms with van der Waals surface area (Å²) in [5, 5.41) is 7.32. The smallest absolute Gasteiger partial charge is 0.259 e. The van der Waals surface area contributed by atoms with E-state index in [0.717, 1.165) is 0 Å². The van der Waals surface area contributed by atoms with Gasteiger partial charge in [-0.2, -0.15) is 5.10 Å². The predicted molar refractivity (Wildman–Crippen MR) is 82.1 cm³/mol. The molecule has 3 aromatic heterocycles. The molecule has 4 aromatic rings. The van der Waals surface area contributed by atoms with E-state index in [0.29, 0.717) is 33.7 Å². The number of benzene rings is 1. The number of fused-ring (bicyclic) bond motifs is 1. The van der Waals surface area contributed by atoms with Gasteiger partial charge in [0, 0.05) is 0 Å². The minimum absolute atomic E-state index is 0.230. The quantitative estimate of drug-likeness (QED) is 0.524. The van der Waals surface area contributed by atoms with E-state index < -0.39 is 0 Å². The van der Waals surface area contributed by atoms with Crippen LogP contribution in [0.4, 0.5) is 5.82 Å². The molecule has 7 heteroatoms. The van der Waals surface area contributed by atoms with Crippen LogP contribution in [-0.4, -0.2) is 20.2 Å². The van der Waals surface area contributed by atoms with Gasteiger partial charge in [-0.3, -0.25) is 9.89 Å². The number of furan rings is 1. The second-order valence-electron chi connectivity index (χ2n) is 4.77. The number of nitrogen functional groups attached to an aromatic ring is 1. The highest BCUT2D eigenvalue weighted by Gasteiger charge is 2.19. The number of rotatable bonds is 2. The molecular formula is C15H11N5O2. The van der Waals surface area contributed by atoms with E-state index >= 15 is 0 Å². The number of anilines is 1. The van der Waals surface area contributed by atoms with Crippen LogP contribution < -0.4 is 11.3 Å². The molecule has 0 aliphatic heterocycles. The van der Waals surface area contributed by atoms with Crippen LogP contribution in [0, 0.1) is 0 Å². The van der Waals surface area contributed by atoms with Gasteiger partial charge >= 0.3 is 0 Å². The third-order valence-electron chi connectivity index (χ3n) is 3.41. The topological polar surface area (TPSA) is 114 Å². The Morgan fingerprint density at radius 1 is 1.14 bits per heavy atom. The first-order chi connectivity index (χ1) is 10.7. The van der Waals surface area contributed by atoms with E-state index in [1.807, 2.05) is 6.07 Å². The summed E-state index contributed by atoms with van der Waals surface area (Å²) in [5.74, 6) is 1.15. The highest BCUT2D eigenvalue weighted by Crippen LogP contribution is 2.32. The maximum Gasteiger partial charge on any atom is 0.259 e. The second-order valence-corrected chi connectivity index (χ2v) is 4.77. The highest BCUT2D eigenvalue weighted by atomic mass is 16.3. The van der Waals surface area contributed by atoms with Gasteiger partial charge in [0.2, 0.25) is 0 Å². The number of hydrogen-bond acceptors (Lipinski definition) is 5. The first-order valence-corrected chi connectivity index (χ1v) is 6.61. The van der Waals surface area contributed by atoms with Gasteiger partial charge < -0.3 is 15.1 Å². The Balaban J connectivity index is 2.00. The summed E-state index contributed by atoms with van der Waals surface area (Å²) in [7, 11) is 0. The van der Waals surface area contributed by atoms with Crippen molar-refractivity contribution in [2.45, 2.75) is 0 Å². The number of aromatic amines is 2. The molecule has 0 amide bonds. The van der Waals surface area contributed by atoms with Gasteiger partial charge in [0.15, 0.2) is 11.6 Å². The molecule has 0 radical (unpaired) electrons. The Morgan fingerprint density at radius 2 is 2.00 bits per heavy atom. The van der Waals surface area contributed by atoms with Crippen molar-refractivity contribution in [1.29, 1.82) is 0 Å². The maximum atomic E-state index is 12.2. The van der Waals surface area contributed by atoms with Gasteiger partial charge in [-0.15, -0.1) is 0 Å². The third-order valence-corrected chi connectivity index (χ3v) is 3.41. The summed E-state index contributed by atoms with van der Waals surface area (Å²) in [4.78, 5) is 19.4. The van der Waals surface area contributed by atoms with Crippen LogP contribution >= 0.6 is 0 Å². The zero-order chi connectivity index (χ0) is 15.1. The summed E-state index contributed by atoms with van der Waals surface area (Å²) >= 11 is 0. The van der Waals surface area contributed by atoms with E-state index in [9.17, 15) is 4.79 Å². The van der Waals surface area contributed by atoms with Crippen molar-refractivity contribution in [3.8, 4) is 22.8 Å². The number of nitrogens with one attached hydrogen (secondary N) is 2. The molecule has 0 saturated carbocycles. The Bertz CT molecular complexity index is 1010.